The van der Waals surface area contributed by atoms with Crippen LogP contribution in [0.4, 0.5) is 5.95 Å². The summed E-state index contributed by atoms with van der Waals surface area (Å²) in [6, 6.07) is 9.64. The number of ether oxygens (including phenoxy) is 1. The first kappa shape index (κ1) is 17.3. The first-order valence-electron chi connectivity index (χ1n) is 7.85. The molecule has 1 aromatic carbocycles. The number of aliphatic imine (C=N–C) groups is 1. The van der Waals surface area contributed by atoms with Crippen LogP contribution in [0.5, 0.6) is 5.88 Å². The SMILES string of the molecule is CN(C)/C=N/c1nc(OCc2ccccc2)c2ncn(CC(=O)O)c2n1. The molecule has 0 radical (unpaired) electrons. The summed E-state index contributed by atoms with van der Waals surface area (Å²) in [5, 5.41) is 9.05. The van der Waals surface area contributed by atoms with Gasteiger partial charge in [0.15, 0.2) is 11.2 Å². The van der Waals surface area contributed by atoms with E-state index in [-0.39, 0.29) is 18.4 Å². The van der Waals surface area contributed by atoms with Gasteiger partial charge in [0, 0.05) is 14.1 Å². The molecule has 2 aromatic heterocycles. The topological polar surface area (TPSA) is 106 Å². The molecule has 9 nitrogen and oxygen atoms in total. The fraction of sp³-hybridized carbons (Fsp3) is 0.235. The maximum absolute atomic E-state index is 11.0. The van der Waals surface area contributed by atoms with E-state index in [1.165, 1.54) is 10.9 Å². The Morgan fingerprint density at radius 1 is 1.31 bits per heavy atom. The first-order chi connectivity index (χ1) is 12.5. The second-order valence-electron chi connectivity index (χ2n) is 5.75. The average Bonchev–Trinajstić information content (AvgIpc) is 3.01. The van der Waals surface area contributed by atoms with Crippen molar-refractivity contribution in [2.75, 3.05) is 14.1 Å². The Hall–Kier alpha value is -3.49. The van der Waals surface area contributed by atoms with Crippen LogP contribution in [0.3, 0.4) is 0 Å². The molecular formula is C17H18N6O3. The van der Waals surface area contributed by atoms with Crippen LogP contribution in [-0.2, 0) is 17.9 Å². The predicted molar refractivity (Wildman–Crippen MR) is 95.6 cm³/mol. The van der Waals surface area contributed by atoms with Gasteiger partial charge in [0.05, 0.1) is 12.7 Å². The second kappa shape index (κ2) is 7.60. The number of aliphatic carboxylic acids is 1. The number of imidazole rings is 1. The Labute approximate surface area is 149 Å². The summed E-state index contributed by atoms with van der Waals surface area (Å²) in [7, 11) is 3.65. The van der Waals surface area contributed by atoms with E-state index in [9.17, 15) is 4.79 Å². The van der Waals surface area contributed by atoms with E-state index in [0.717, 1.165) is 5.56 Å². The van der Waals surface area contributed by atoms with Crippen LogP contribution >= 0.6 is 0 Å². The summed E-state index contributed by atoms with van der Waals surface area (Å²) >= 11 is 0. The van der Waals surface area contributed by atoms with Gasteiger partial charge in [0.1, 0.15) is 13.2 Å². The zero-order valence-corrected chi connectivity index (χ0v) is 14.4. The maximum Gasteiger partial charge on any atom is 0.323 e. The average molecular weight is 354 g/mol. The fourth-order valence-electron chi connectivity index (χ4n) is 2.22. The third-order valence-electron chi connectivity index (χ3n) is 3.35. The number of fused-ring (bicyclic) bond motifs is 1. The zero-order chi connectivity index (χ0) is 18.5. The van der Waals surface area contributed by atoms with Gasteiger partial charge in [0.2, 0.25) is 5.88 Å². The summed E-state index contributed by atoms with van der Waals surface area (Å²) in [5.41, 5.74) is 1.73. The largest absolute Gasteiger partial charge is 0.480 e. The minimum Gasteiger partial charge on any atom is -0.480 e. The quantitative estimate of drug-likeness (QED) is 0.508. The van der Waals surface area contributed by atoms with Crippen molar-refractivity contribution >= 4 is 29.4 Å². The zero-order valence-electron chi connectivity index (χ0n) is 14.4. The summed E-state index contributed by atoms with van der Waals surface area (Å²) in [4.78, 5) is 29.8. The van der Waals surface area contributed by atoms with E-state index in [4.69, 9.17) is 9.84 Å². The summed E-state index contributed by atoms with van der Waals surface area (Å²) in [5.74, 6) is -0.566. The third kappa shape index (κ3) is 4.12. The molecule has 0 amide bonds. The number of rotatable bonds is 7. The van der Waals surface area contributed by atoms with Crippen LogP contribution in [0.2, 0.25) is 0 Å². The van der Waals surface area contributed by atoms with Gasteiger partial charge >= 0.3 is 5.97 Å². The van der Waals surface area contributed by atoms with Gasteiger partial charge in [-0.05, 0) is 5.56 Å². The third-order valence-corrected chi connectivity index (χ3v) is 3.35. The number of aromatic nitrogens is 4. The predicted octanol–water partition coefficient (Wildman–Crippen LogP) is 1.71. The van der Waals surface area contributed by atoms with Crippen molar-refractivity contribution in [2.24, 2.45) is 4.99 Å². The Bertz CT molecular complexity index is 936. The smallest absolute Gasteiger partial charge is 0.323 e. The Kier molecular flexibility index (Phi) is 5.07. The molecule has 3 aromatic rings. The van der Waals surface area contributed by atoms with Gasteiger partial charge in [-0.3, -0.25) is 4.79 Å². The lowest BCUT2D eigenvalue weighted by Gasteiger charge is -2.08. The molecule has 0 atom stereocenters. The second-order valence-corrected chi connectivity index (χ2v) is 5.75. The normalized spacial score (nSPS) is 11.2. The van der Waals surface area contributed by atoms with Gasteiger partial charge in [-0.25, -0.2) is 9.98 Å². The van der Waals surface area contributed by atoms with Crippen molar-refractivity contribution in [3.63, 3.8) is 0 Å². The van der Waals surface area contributed by atoms with Crippen molar-refractivity contribution in [3.05, 3.63) is 42.2 Å². The molecule has 0 spiro atoms. The summed E-state index contributed by atoms with van der Waals surface area (Å²) < 4.78 is 7.23. The maximum atomic E-state index is 11.0. The van der Waals surface area contributed by atoms with Gasteiger partial charge in [-0.15, -0.1) is 0 Å². The molecule has 134 valence electrons. The molecule has 0 fully saturated rings. The molecule has 3 rings (SSSR count). The lowest BCUT2D eigenvalue weighted by Crippen LogP contribution is -2.09. The van der Waals surface area contributed by atoms with E-state index in [1.807, 2.05) is 44.4 Å². The van der Waals surface area contributed by atoms with E-state index < -0.39 is 5.97 Å². The van der Waals surface area contributed by atoms with Crippen LogP contribution < -0.4 is 4.74 Å². The van der Waals surface area contributed by atoms with Gasteiger partial charge in [-0.2, -0.15) is 9.97 Å². The highest BCUT2D eigenvalue weighted by atomic mass is 16.5. The molecule has 9 heteroatoms. The Balaban J connectivity index is 1.98. The highest BCUT2D eigenvalue weighted by molar-refractivity contribution is 5.79. The number of hydrogen-bond donors (Lipinski definition) is 1. The molecule has 0 saturated heterocycles. The van der Waals surface area contributed by atoms with Gasteiger partial charge in [0.25, 0.3) is 5.95 Å². The minimum absolute atomic E-state index is 0.168. The number of hydrogen-bond acceptors (Lipinski definition) is 6. The molecule has 0 aliphatic carbocycles. The van der Waals surface area contributed by atoms with E-state index in [0.29, 0.717) is 17.8 Å². The standard InChI is InChI=1S/C17H18N6O3/c1-22(2)10-19-17-20-15-14(18-11-23(15)8-13(24)25)16(21-17)26-9-12-6-4-3-5-7-12/h3-7,10-11H,8-9H2,1-2H3,(H,24,25)/b19-10+. The number of carboxylic acid groups (broad SMARTS) is 1. The van der Waals surface area contributed by atoms with Crippen molar-refractivity contribution < 1.29 is 14.6 Å². The van der Waals surface area contributed by atoms with Crippen molar-refractivity contribution in [2.45, 2.75) is 13.2 Å². The highest BCUT2D eigenvalue weighted by Gasteiger charge is 2.16. The number of benzene rings is 1. The Morgan fingerprint density at radius 2 is 2.08 bits per heavy atom. The summed E-state index contributed by atoms with van der Waals surface area (Å²) in [6.07, 6.45) is 2.96. The van der Waals surface area contributed by atoms with Crippen molar-refractivity contribution in [3.8, 4) is 5.88 Å². The monoisotopic (exact) mass is 354 g/mol. The van der Waals surface area contributed by atoms with Crippen molar-refractivity contribution in [1.29, 1.82) is 0 Å². The van der Waals surface area contributed by atoms with Gasteiger partial charge in [-0.1, -0.05) is 30.3 Å². The van der Waals surface area contributed by atoms with Crippen LogP contribution in [0.25, 0.3) is 11.2 Å². The first-order valence-corrected chi connectivity index (χ1v) is 7.85. The van der Waals surface area contributed by atoms with Crippen LogP contribution in [0.1, 0.15) is 5.56 Å². The molecule has 0 bridgehead atoms. The van der Waals surface area contributed by atoms with E-state index in [1.54, 1.807) is 11.2 Å². The van der Waals surface area contributed by atoms with E-state index >= 15 is 0 Å². The van der Waals surface area contributed by atoms with Crippen LogP contribution in [-0.4, -0.2) is 55.9 Å². The number of carbonyl (C=O) groups is 1. The molecule has 0 saturated carbocycles. The Morgan fingerprint density at radius 3 is 2.77 bits per heavy atom. The molecule has 0 unspecified atom stereocenters. The highest BCUT2D eigenvalue weighted by Crippen LogP contribution is 2.24. The molecule has 1 N–H and O–H groups in total. The number of nitrogens with zero attached hydrogens (tertiary/aromatic N) is 6. The lowest BCUT2D eigenvalue weighted by molar-refractivity contribution is -0.137. The molecular weight excluding hydrogens is 336 g/mol. The van der Waals surface area contributed by atoms with Crippen LogP contribution in [0.15, 0.2) is 41.7 Å². The fourth-order valence-corrected chi connectivity index (χ4v) is 2.22. The van der Waals surface area contributed by atoms with Gasteiger partial charge < -0.3 is 19.3 Å². The summed E-state index contributed by atoms with van der Waals surface area (Å²) in [6.45, 7) is 0.0397. The van der Waals surface area contributed by atoms with Crippen molar-refractivity contribution in [1.82, 2.24) is 24.4 Å². The van der Waals surface area contributed by atoms with E-state index in [2.05, 4.69) is 19.9 Å². The molecule has 2 heterocycles. The molecule has 26 heavy (non-hydrogen) atoms. The number of carboxylic acids is 1. The molecule has 0 aliphatic heterocycles. The van der Waals surface area contributed by atoms with Crippen LogP contribution in [0, 0.1) is 0 Å². The molecule has 0 aliphatic rings. The lowest BCUT2D eigenvalue weighted by atomic mass is 10.2. The minimum atomic E-state index is -0.993.